The van der Waals surface area contributed by atoms with Crippen LogP contribution in [-0.2, 0) is 0 Å². The van der Waals surface area contributed by atoms with Gasteiger partial charge in [-0.25, -0.2) is 0 Å². The van der Waals surface area contributed by atoms with Gasteiger partial charge in [-0.05, 0) is 20.8 Å². The van der Waals surface area contributed by atoms with E-state index in [1.807, 2.05) is 27.7 Å². The summed E-state index contributed by atoms with van der Waals surface area (Å²) in [5.41, 5.74) is 2.43. The van der Waals surface area contributed by atoms with Gasteiger partial charge in [0, 0.05) is 0 Å². The van der Waals surface area contributed by atoms with Crippen molar-refractivity contribution in [1.29, 1.82) is 0 Å². The molecule has 0 nitrogen and oxygen atoms in total. The third kappa shape index (κ3) is 10.5. The normalized spacial score (nSPS) is 8.70. The second-order valence-electron chi connectivity index (χ2n) is 1.75. The molecule has 0 aliphatic carbocycles. The summed E-state index contributed by atoms with van der Waals surface area (Å²) in [4.78, 5) is 0. The molecule has 0 radical (unpaired) electrons. The van der Waals surface area contributed by atoms with Crippen molar-refractivity contribution in [2.75, 3.05) is 0 Å². The van der Waals surface area contributed by atoms with Gasteiger partial charge in [0.05, 0.1) is 0 Å². The van der Waals surface area contributed by atoms with Gasteiger partial charge in [0.15, 0.2) is 0 Å². The van der Waals surface area contributed by atoms with Crippen LogP contribution >= 0.6 is 0 Å². The number of allylic oxidation sites excluding steroid dienone is 3. The van der Waals surface area contributed by atoms with Gasteiger partial charge < -0.3 is 0 Å². The Bertz CT molecular complexity index is 96.6. The molecular weight excluding hydrogens is 120 g/mol. The van der Waals surface area contributed by atoms with E-state index in [0.717, 1.165) is 5.57 Å². The van der Waals surface area contributed by atoms with Gasteiger partial charge in [-0.3, -0.25) is 0 Å². The average molecular weight is 142 g/mol. The fourth-order valence-corrected chi connectivity index (χ4v) is 0.246. The van der Waals surface area contributed by atoms with E-state index in [-0.39, 0.29) is 7.43 Å². The van der Waals surface area contributed by atoms with E-state index in [2.05, 4.69) is 19.6 Å². The Hall–Kier alpha value is -0.520. The summed E-state index contributed by atoms with van der Waals surface area (Å²) in [6.45, 7) is 13.8. The maximum Gasteiger partial charge on any atom is -0.0399 e. The van der Waals surface area contributed by atoms with Crippen molar-refractivity contribution in [2.45, 2.75) is 42.0 Å². The molecule has 0 saturated heterocycles. The van der Waals surface area contributed by atoms with Crippen LogP contribution in [0.15, 0.2) is 23.8 Å². The Morgan fingerprint density at radius 1 is 1.20 bits per heavy atom. The molecule has 0 fully saturated rings. The number of rotatable bonds is 1. The molecule has 0 heterocycles. The highest BCUT2D eigenvalue weighted by Crippen LogP contribution is 2.02. The lowest BCUT2D eigenvalue weighted by atomic mass is 10.2. The van der Waals surface area contributed by atoms with Crippen LogP contribution in [0.4, 0.5) is 0 Å². The summed E-state index contributed by atoms with van der Waals surface area (Å²) in [6, 6.07) is 0. The minimum Gasteiger partial charge on any atom is -0.0959 e. The van der Waals surface area contributed by atoms with Crippen molar-refractivity contribution in [1.82, 2.24) is 0 Å². The summed E-state index contributed by atoms with van der Waals surface area (Å²) in [5, 5.41) is 0. The molecule has 0 N–H and O–H groups in total. The Balaban J connectivity index is -0.000000149. The summed E-state index contributed by atoms with van der Waals surface area (Å²) >= 11 is 0. The van der Waals surface area contributed by atoms with Gasteiger partial charge in [0.25, 0.3) is 0 Å². The largest absolute Gasteiger partial charge is 0.0959 e. The Labute approximate surface area is 66.7 Å². The highest BCUT2D eigenvalue weighted by molar-refractivity contribution is 5.22. The summed E-state index contributed by atoms with van der Waals surface area (Å²) in [6.07, 6.45) is 2.06. The smallest absolute Gasteiger partial charge is 0.0399 e. The van der Waals surface area contributed by atoms with Gasteiger partial charge in [0.2, 0.25) is 0 Å². The lowest BCUT2D eigenvalue weighted by Crippen LogP contribution is -1.71. The van der Waals surface area contributed by atoms with Crippen LogP contribution in [0.1, 0.15) is 42.0 Å². The van der Waals surface area contributed by atoms with Gasteiger partial charge in [0.1, 0.15) is 0 Å². The fourth-order valence-electron chi connectivity index (χ4n) is 0.246. The summed E-state index contributed by atoms with van der Waals surface area (Å²) < 4.78 is 0. The van der Waals surface area contributed by atoms with E-state index in [4.69, 9.17) is 0 Å². The first-order valence-corrected chi connectivity index (χ1v) is 3.47. The number of hydrogen-bond acceptors (Lipinski definition) is 0. The molecule has 0 spiro atoms. The van der Waals surface area contributed by atoms with Crippen LogP contribution in [0.5, 0.6) is 0 Å². The van der Waals surface area contributed by atoms with Crippen molar-refractivity contribution in [3.05, 3.63) is 23.8 Å². The predicted molar refractivity (Wildman–Crippen MR) is 52.3 cm³/mol. The molecule has 0 aromatic heterocycles. The van der Waals surface area contributed by atoms with Crippen LogP contribution in [-0.4, -0.2) is 0 Å². The molecule has 0 aromatic carbocycles. The van der Waals surface area contributed by atoms with Crippen molar-refractivity contribution >= 4 is 0 Å². The van der Waals surface area contributed by atoms with Crippen LogP contribution in [0.3, 0.4) is 0 Å². The maximum absolute atomic E-state index is 3.76. The Kier molecular flexibility index (Phi) is 18.3. The first-order chi connectivity index (χ1) is 4.18. The van der Waals surface area contributed by atoms with E-state index >= 15 is 0 Å². The first-order valence-electron chi connectivity index (χ1n) is 3.47. The van der Waals surface area contributed by atoms with Crippen molar-refractivity contribution < 1.29 is 0 Å². The molecule has 0 rings (SSSR count). The average Bonchev–Trinajstić information content (AvgIpc) is 1.91. The molecule has 0 heteroatoms. The minimum absolute atomic E-state index is 0. The van der Waals surface area contributed by atoms with Crippen molar-refractivity contribution in [3.63, 3.8) is 0 Å². The highest BCUT2D eigenvalue weighted by atomic mass is 13.9. The molecule has 0 unspecified atom stereocenters. The standard InChI is InChI=1S/C7H12.C2H6.CH4/c1-5-7(4)6(2)3;1-2;/h5H,2H2,1,3-4H3;1-2H3;1H4/b7-5-;;. The monoisotopic (exact) mass is 142 g/mol. The third-order valence-electron chi connectivity index (χ3n) is 1.11. The molecular formula is C10H22. The molecule has 10 heavy (non-hydrogen) atoms. The van der Waals surface area contributed by atoms with Gasteiger partial charge >= 0.3 is 0 Å². The van der Waals surface area contributed by atoms with E-state index in [0.29, 0.717) is 0 Å². The molecule has 0 aliphatic rings. The Morgan fingerprint density at radius 2 is 1.50 bits per heavy atom. The lowest BCUT2D eigenvalue weighted by Gasteiger charge is -1.92. The first kappa shape index (κ1) is 16.2. The highest BCUT2D eigenvalue weighted by Gasteiger charge is 1.81. The minimum atomic E-state index is 0. The third-order valence-corrected chi connectivity index (χ3v) is 1.11. The molecule has 0 amide bonds. The van der Waals surface area contributed by atoms with E-state index in [1.165, 1.54) is 5.57 Å². The van der Waals surface area contributed by atoms with Gasteiger partial charge in [-0.2, -0.15) is 0 Å². The molecule has 0 aliphatic heterocycles. The molecule has 0 bridgehead atoms. The van der Waals surface area contributed by atoms with E-state index < -0.39 is 0 Å². The van der Waals surface area contributed by atoms with Gasteiger partial charge in [-0.1, -0.05) is 45.1 Å². The second kappa shape index (κ2) is 11.3. The van der Waals surface area contributed by atoms with Crippen LogP contribution in [0, 0.1) is 0 Å². The van der Waals surface area contributed by atoms with Gasteiger partial charge in [-0.15, -0.1) is 0 Å². The fraction of sp³-hybridized carbons (Fsp3) is 0.600. The Morgan fingerprint density at radius 3 is 1.50 bits per heavy atom. The predicted octanol–water partition coefficient (Wildman–Crippen LogP) is 4.19. The van der Waals surface area contributed by atoms with Crippen molar-refractivity contribution in [2.24, 2.45) is 0 Å². The topological polar surface area (TPSA) is 0 Å². The molecule has 0 aromatic rings. The van der Waals surface area contributed by atoms with Crippen LogP contribution in [0.2, 0.25) is 0 Å². The quantitative estimate of drug-likeness (QED) is 0.481. The number of hydrogen-bond donors (Lipinski definition) is 0. The molecule has 0 saturated carbocycles. The lowest BCUT2D eigenvalue weighted by molar-refractivity contribution is 1.34. The van der Waals surface area contributed by atoms with Crippen LogP contribution in [0.25, 0.3) is 0 Å². The maximum atomic E-state index is 3.76. The second-order valence-corrected chi connectivity index (χ2v) is 1.75. The van der Waals surface area contributed by atoms with Crippen LogP contribution < -0.4 is 0 Å². The van der Waals surface area contributed by atoms with Crippen molar-refractivity contribution in [3.8, 4) is 0 Å². The van der Waals surface area contributed by atoms with E-state index in [9.17, 15) is 0 Å². The zero-order valence-corrected chi connectivity index (χ0v) is 7.28. The van der Waals surface area contributed by atoms with E-state index in [1.54, 1.807) is 0 Å². The SMILES string of the molecule is C.C=C(C)/C(C)=C\C.CC. The molecule has 62 valence electrons. The summed E-state index contributed by atoms with van der Waals surface area (Å²) in [5.74, 6) is 0. The summed E-state index contributed by atoms with van der Waals surface area (Å²) in [7, 11) is 0. The zero-order valence-electron chi connectivity index (χ0n) is 7.28. The molecule has 0 atom stereocenters. The zero-order chi connectivity index (χ0) is 7.86.